The zero-order chi connectivity index (χ0) is 14.0. The molecule has 1 saturated heterocycles. The number of carbonyl (C=O) groups excluding carboxylic acids is 3. The van der Waals surface area contributed by atoms with Gasteiger partial charge in [-0.3, -0.25) is 19.3 Å². The molecule has 0 saturated carbocycles. The van der Waals surface area contributed by atoms with Crippen molar-refractivity contribution in [1.82, 2.24) is 10.2 Å². The van der Waals surface area contributed by atoms with Gasteiger partial charge in [0.15, 0.2) is 0 Å². The van der Waals surface area contributed by atoms with Crippen molar-refractivity contribution in [3.8, 4) is 0 Å². The van der Waals surface area contributed by atoms with Gasteiger partial charge >= 0.3 is 0 Å². The van der Waals surface area contributed by atoms with Crippen LogP contribution in [-0.2, 0) is 14.4 Å². The first-order chi connectivity index (χ1) is 8.97. The lowest BCUT2D eigenvalue weighted by Gasteiger charge is -2.25. The number of nitrogens with one attached hydrogen (secondary N) is 1. The lowest BCUT2D eigenvalue weighted by Crippen LogP contribution is -2.51. The van der Waals surface area contributed by atoms with Crippen molar-refractivity contribution in [2.24, 2.45) is 0 Å². The third kappa shape index (κ3) is 2.88. The molecule has 0 radical (unpaired) electrons. The number of aryl methyl sites for hydroxylation is 1. The van der Waals surface area contributed by atoms with Crippen LogP contribution in [0, 0.1) is 6.92 Å². The number of hydrogen-bond donors (Lipinski definition) is 1. The second-order valence-corrected chi connectivity index (χ2v) is 4.43. The molecule has 1 fully saturated rings. The number of nitrogens with zero attached hydrogens (tertiary/aromatic N) is 1. The first-order valence-corrected chi connectivity index (χ1v) is 5.88. The number of carbonyl (C=O) groups is 3. The third-order valence-electron chi connectivity index (χ3n) is 2.82. The van der Waals surface area contributed by atoms with E-state index >= 15 is 0 Å². The Balaban J connectivity index is 2.32. The summed E-state index contributed by atoms with van der Waals surface area (Å²) >= 11 is 0. The second kappa shape index (κ2) is 5.06. The van der Waals surface area contributed by atoms with Gasteiger partial charge in [-0.2, -0.15) is 0 Å². The largest absolute Gasteiger partial charge is 0.320 e. The summed E-state index contributed by atoms with van der Waals surface area (Å²) in [4.78, 5) is 35.7. The highest BCUT2D eigenvalue weighted by Gasteiger charge is 2.30. The van der Waals surface area contributed by atoms with Crippen molar-refractivity contribution in [2.45, 2.75) is 13.8 Å². The summed E-state index contributed by atoms with van der Waals surface area (Å²) in [5.74, 6) is -1.28. The number of hydrogen-bond acceptors (Lipinski definition) is 3. The van der Waals surface area contributed by atoms with Gasteiger partial charge in [0, 0.05) is 6.92 Å². The topological polar surface area (TPSA) is 66.5 Å². The van der Waals surface area contributed by atoms with Crippen LogP contribution in [0.5, 0.6) is 0 Å². The van der Waals surface area contributed by atoms with Gasteiger partial charge in [-0.1, -0.05) is 29.8 Å². The number of amides is 3. The van der Waals surface area contributed by atoms with Crippen molar-refractivity contribution in [3.05, 3.63) is 41.1 Å². The first kappa shape index (κ1) is 13.0. The molecule has 0 aliphatic carbocycles. The van der Waals surface area contributed by atoms with Gasteiger partial charge in [0.2, 0.25) is 11.8 Å². The van der Waals surface area contributed by atoms with Gasteiger partial charge < -0.3 is 5.32 Å². The molecule has 5 nitrogen and oxygen atoms in total. The Morgan fingerprint density at radius 3 is 2.47 bits per heavy atom. The summed E-state index contributed by atoms with van der Waals surface area (Å²) in [6.45, 7) is 3.00. The Morgan fingerprint density at radius 1 is 1.26 bits per heavy atom. The van der Waals surface area contributed by atoms with E-state index in [2.05, 4.69) is 5.32 Å². The molecule has 1 heterocycles. The minimum absolute atomic E-state index is 0.121. The van der Waals surface area contributed by atoms with Crippen LogP contribution >= 0.6 is 0 Å². The number of imide groups is 1. The Hall–Kier alpha value is -2.43. The van der Waals surface area contributed by atoms with Gasteiger partial charge in [0.05, 0.1) is 0 Å². The molecule has 98 valence electrons. The molecule has 3 amide bonds. The summed E-state index contributed by atoms with van der Waals surface area (Å²) in [7, 11) is 0. The molecule has 0 unspecified atom stereocenters. The summed E-state index contributed by atoms with van der Waals surface area (Å²) in [6.07, 6.45) is 1.56. The van der Waals surface area contributed by atoms with E-state index in [-0.39, 0.29) is 18.1 Å². The predicted octanol–water partition coefficient (Wildman–Crippen LogP) is 0.841. The zero-order valence-corrected chi connectivity index (χ0v) is 10.8. The molecular weight excluding hydrogens is 244 g/mol. The highest BCUT2D eigenvalue weighted by molar-refractivity contribution is 6.12. The standard InChI is InChI=1S/C14H14N2O3/c1-9-3-5-11(6-4-9)7-12-14(19)16(10(2)17)8-13(18)15-12/h3-7H,8H2,1-2H3,(H,15,18)/b12-7+. The molecule has 5 heteroatoms. The van der Waals surface area contributed by atoms with Crippen LogP contribution in [0.25, 0.3) is 6.08 Å². The van der Waals surface area contributed by atoms with Crippen molar-refractivity contribution >= 4 is 23.8 Å². The van der Waals surface area contributed by atoms with Crippen molar-refractivity contribution in [3.63, 3.8) is 0 Å². The lowest BCUT2D eigenvalue weighted by molar-refractivity contribution is -0.147. The highest BCUT2D eigenvalue weighted by atomic mass is 16.2. The van der Waals surface area contributed by atoms with E-state index < -0.39 is 11.8 Å². The number of benzene rings is 1. The fourth-order valence-corrected chi connectivity index (χ4v) is 1.79. The molecule has 0 spiro atoms. The molecule has 0 atom stereocenters. The Kier molecular flexibility index (Phi) is 3.46. The van der Waals surface area contributed by atoms with Crippen molar-refractivity contribution in [2.75, 3.05) is 6.54 Å². The second-order valence-electron chi connectivity index (χ2n) is 4.43. The summed E-state index contributed by atoms with van der Waals surface area (Å²) in [5, 5.41) is 2.49. The van der Waals surface area contributed by atoms with Crippen LogP contribution in [0.4, 0.5) is 0 Å². The maximum Gasteiger partial charge on any atom is 0.277 e. The first-order valence-electron chi connectivity index (χ1n) is 5.88. The van der Waals surface area contributed by atoms with Crippen LogP contribution in [-0.4, -0.2) is 29.2 Å². The zero-order valence-electron chi connectivity index (χ0n) is 10.8. The predicted molar refractivity (Wildman–Crippen MR) is 69.7 cm³/mol. The van der Waals surface area contributed by atoms with E-state index in [0.717, 1.165) is 16.0 Å². The molecule has 1 aliphatic heterocycles. The van der Waals surface area contributed by atoms with Gasteiger partial charge in [-0.05, 0) is 18.6 Å². The summed E-state index contributed by atoms with van der Waals surface area (Å²) in [6, 6.07) is 7.50. The molecule has 0 aromatic heterocycles. The molecule has 1 aromatic rings. The maximum absolute atomic E-state index is 12.0. The minimum atomic E-state index is -0.479. The highest BCUT2D eigenvalue weighted by Crippen LogP contribution is 2.12. The molecule has 1 aromatic carbocycles. The van der Waals surface area contributed by atoms with Gasteiger partial charge in [-0.15, -0.1) is 0 Å². The molecule has 1 N–H and O–H groups in total. The number of rotatable bonds is 1. The lowest BCUT2D eigenvalue weighted by atomic mass is 10.1. The van der Waals surface area contributed by atoms with Crippen molar-refractivity contribution < 1.29 is 14.4 Å². The average Bonchev–Trinajstić information content (AvgIpc) is 2.35. The van der Waals surface area contributed by atoms with Gasteiger partial charge in [0.1, 0.15) is 12.2 Å². The molecule has 0 bridgehead atoms. The summed E-state index contributed by atoms with van der Waals surface area (Å²) < 4.78 is 0. The quantitative estimate of drug-likeness (QED) is 0.759. The van der Waals surface area contributed by atoms with Crippen LogP contribution in [0.2, 0.25) is 0 Å². The molecule has 19 heavy (non-hydrogen) atoms. The summed E-state index contributed by atoms with van der Waals surface area (Å²) in [5.41, 5.74) is 2.02. The monoisotopic (exact) mass is 258 g/mol. The van der Waals surface area contributed by atoms with Crippen molar-refractivity contribution in [1.29, 1.82) is 0 Å². The smallest absolute Gasteiger partial charge is 0.277 e. The number of piperazine rings is 1. The molecular formula is C14H14N2O3. The average molecular weight is 258 g/mol. The molecule has 2 rings (SSSR count). The Morgan fingerprint density at radius 2 is 1.89 bits per heavy atom. The minimum Gasteiger partial charge on any atom is -0.320 e. The third-order valence-corrected chi connectivity index (χ3v) is 2.82. The van der Waals surface area contributed by atoms with E-state index in [0.29, 0.717) is 0 Å². The van der Waals surface area contributed by atoms with Gasteiger partial charge in [0.25, 0.3) is 5.91 Å². The van der Waals surface area contributed by atoms with E-state index in [9.17, 15) is 14.4 Å². The Bertz CT molecular complexity index is 573. The van der Waals surface area contributed by atoms with Crippen LogP contribution in [0.15, 0.2) is 30.0 Å². The Labute approximate surface area is 110 Å². The SMILES string of the molecule is CC(=O)N1CC(=O)N/C(=C/c2ccc(C)cc2)C1=O. The fourth-order valence-electron chi connectivity index (χ4n) is 1.79. The van der Waals surface area contributed by atoms with E-state index in [1.165, 1.54) is 6.92 Å². The van der Waals surface area contributed by atoms with E-state index in [1.807, 2.05) is 31.2 Å². The van der Waals surface area contributed by atoms with E-state index in [1.54, 1.807) is 6.08 Å². The van der Waals surface area contributed by atoms with Crippen LogP contribution in [0.3, 0.4) is 0 Å². The van der Waals surface area contributed by atoms with Gasteiger partial charge in [-0.25, -0.2) is 0 Å². The van der Waals surface area contributed by atoms with Crippen LogP contribution < -0.4 is 5.32 Å². The fraction of sp³-hybridized carbons (Fsp3) is 0.214. The van der Waals surface area contributed by atoms with E-state index in [4.69, 9.17) is 0 Å². The maximum atomic E-state index is 12.0. The molecule has 1 aliphatic rings. The normalized spacial score (nSPS) is 17.6. The van der Waals surface area contributed by atoms with Crippen LogP contribution in [0.1, 0.15) is 18.1 Å².